The summed E-state index contributed by atoms with van der Waals surface area (Å²) in [6.45, 7) is -0.0521. The number of rotatable bonds is 4. The Morgan fingerprint density at radius 2 is 2.22 bits per heavy atom. The molecule has 0 aliphatic heterocycles. The lowest BCUT2D eigenvalue weighted by Crippen LogP contribution is -2.22. The number of hydrogen-bond donors (Lipinski definition) is 2. The van der Waals surface area contributed by atoms with Gasteiger partial charge >= 0.3 is 6.18 Å². The lowest BCUT2D eigenvalue weighted by molar-refractivity contribution is -0.140. The van der Waals surface area contributed by atoms with Crippen molar-refractivity contribution < 1.29 is 17.9 Å². The Labute approximate surface area is 139 Å². The molecule has 2 aromatic rings. The molecule has 0 saturated carbocycles. The van der Waals surface area contributed by atoms with Crippen LogP contribution < -0.4 is 15.8 Å². The predicted molar refractivity (Wildman–Crippen MR) is 84.1 cm³/mol. The molecule has 10 heteroatoms. The summed E-state index contributed by atoms with van der Waals surface area (Å²) in [6.07, 6.45) is -4.46. The number of nitrogens with two attached hydrogens (primary N) is 1. The van der Waals surface area contributed by atoms with Crippen LogP contribution in [-0.4, -0.2) is 18.1 Å². The first-order valence-electron chi connectivity index (χ1n) is 6.21. The number of thiazole rings is 1. The molecule has 0 atom stereocenters. The molecule has 2 rings (SSSR count). The van der Waals surface area contributed by atoms with Gasteiger partial charge in [-0.15, -0.1) is 11.3 Å². The summed E-state index contributed by atoms with van der Waals surface area (Å²) in [5.74, 6) is 0.546. The van der Waals surface area contributed by atoms with Crippen molar-refractivity contribution in [3.63, 3.8) is 0 Å². The van der Waals surface area contributed by atoms with E-state index in [1.807, 2.05) is 0 Å². The minimum Gasteiger partial charge on any atom is -0.495 e. The number of halogens is 4. The molecule has 0 saturated heterocycles. The number of anilines is 1. The number of benzene rings is 1. The fraction of sp³-hybridized carbons (Fsp3) is 0.231. The topological polar surface area (TPSA) is 72.5 Å². The number of nitrogens with zero attached hydrogens (tertiary/aromatic N) is 2. The molecule has 0 radical (unpaired) electrons. The third kappa shape index (κ3) is 4.73. The van der Waals surface area contributed by atoms with Gasteiger partial charge in [-0.2, -0.15) is 13.2 Å². The molecule has 0 aliphatic carbocycles. The minimum absolute atomic E-state index is 0.0370. The number of aromatic nitrogens is 1. The lowest BCUT2D eigenvalue weighted by Gasteiger charge is -2.08. The molecule has 0 bridgehead atoms. The Hall–Kier alpha value is -2.00. The highest BCUT2D eigenvalue weighted by atomic mass is 35.5. The molecule has 1 aromatic heterocycles. The first-order valence-corrected chi connectivity index (χ1v) is 7.47. The standard InChI is InChI=1S/C13H12ClF3N4OS/c1-22-9-3-2-7(4-8(9)14)20-12(18)19-5-11-21-10(6-23-11)13(15,16)17/h2-4,6H,5H2,1H3,(H3,18,19,20). The van der Waals surface area contributed by atoms with E-state index in [0.29, 0.717) is 16.5 Å². The lowest BCUT2D eigenvalue weighted by atomic mass is 10.3. The summed E-state index contributed by atoms with van der Waals surface area (Å²) in [4.78, 5) is 7.41. The Morgan fingerprint density at radius 1 is 1.48 bits per heavy atom. The number of ether oxygens (including phenoxy) is 1. The Kier molecular flexibility index (Phi) is 5.32. The summed E-state index contributed by atoms with van der Waals surface area (Å²) < 4.78 is 42.3. The van der Waals surface area contributed by atoms with Crippen LogP contribution in [0, 0.1) is 0 Å². The van der Waals surface area contributed by atoms with Crippen LogP contribution in [0.1, 0.15) is 10.7 Å². The van der Waals surface area contributed by atoms with Gasteiger partial charge in [0.05, 0.1) is 18.7 Å². The number of alkyl halides is 3. The molecule has 3 N–H and O–H groups in total. The van der Waals surface area contributed by atoms with E-state index in [2.05, 4.69) is 15.3 Å². The molecule has 0 aliphatic rings. The maximum absolute atomic E-state index is 12.4. The average molecular weight is 365 g/mol. The van der Waals surface area contributed by atoms with E-state index in [1.165, 1.54) is 7.11 Å². The molecule has 0 unspecified atom stereocenters. The summed E-state index contributed by atoms with van der Waals surface area (Å²) >= 11 is 6.84. The largest absolute Gasteiger partial charge is 0.495 e. The zero-order valence-electron chi connectivity index (χ0n) is 11.8. The quantitative estimate of drug-likeness (QED) is 0.640. The van der Waals surface area contributed by atoms with Crippen LogP contribution in [0.4, 0.5) is 18.9 Å². The first kappa shape index (κ1) is 17.4. The number of hydrogen-bond acceptors (Lipinski definition) is 4. The van der Waals surface area contributed by atoms with Gasteiger partial charge in [-0.3, -0.25) is 0 Å². The van der Waals surface area contributed by atoms with Gasteiger partial charge in [-0.1, -0.05) is 11.6 Å². The van der Waals surface area contributed by atoms with Crippen molar-refractivity contribution in [2.45, 2.75) is 12.7 Å². The number of methoxy groups -OCH3 is 1. The van der Waals surface area contributed by atoms with Gasteiger partial charge in [0.1, 0.15) is 10.8 Å². The molecule has 124 valence electrons. The maximum Gasteiger partial charge on any atom is 0.434 e. The minimum atomic E-state index is -4.46. The van der Waals surface area contributed by atoms with Crippen LogP contribution in [0.5, 0.6) is 5.75 Å². The number of nitrogens with one attached hydrogen (secondary N) is 1. The highest BCUT2D eigenvalue weighted by molar-refractivity contribution is 7.09. The summed E-state index contributed by atoms with van der Waals surface area (Å²) in [7, 11) is 1.49. The zero-order chi connectivity index (χ0) is 17.0. The highest BCUT2D eigenvalue weighted by Gasteiger charge is 2.33. The van der Waals surface area contributed by atoms with Crippen LogP contribution in [0.2, 0.25) is 5.02 Å². The second-order valence-electron chi connectivity index (χ2n) is 4.30. The zero-order valence-corrected chi connectivity index (χ0v) is 13.4. The van der Waals surface area contributed by atoms with Gasteiger partial charge in [0, 0.05) is 11.1 Å². The highest BCUT2D eigenvalue weighted by Crippen LogP contribution is 2.30. The van der Waals surface area contributed by atoms with E-state index in [4.69, 9.17) is 22.1 Å². The van der Waals surface area contributed by atoms with Crippen LogP contribution in [0.15, 0.2) is 28.6 Å². The van der Waals surface area contributed by atoms with E-state index >= 15 is 0 Å². The summed E-state index contributed by atoms with van der Waals surface area (Å²) in [5, 5.41) is 4.33. The third-order valence-electron chi connectivity index (χ3n) is 2.65. The van der Waals surface area contributed by atoms with E-state index in [9.17, 15) is 13.2 Å². The van der Waals surface area contributed by atoms with Gasteiger partial charge in [0.2, 0.25) is 0 Å². The Morgan fingerprint density at radius 3 is 2.78 bits per heavy atom. The third-order valence-corrected chi connectivity index (χ3v) is 3.78. The first-order chi connectivity index (χ1) is 10.8. The number of aliphatic imine (C=N–C) groups is 1. The van der Waals surface area contributed by atoms with Crippen LogP contribution in [0.3, 0.4) is 0 Å². The summed E-state index contributed by atoms with van der Waals surface area (Å²) in [5.41, 5.74) is 5.33. The van der Waals surface area contributed by atoms with E-state index in [-0.39, 0.29) is 17.5 Å². The van der Waals surface area contributed by atoms with E-state index in [1.54, 1.807) is 18.2 Å². The maximum atomic E-state index is 12.4. The molecular formula is C13H12ClF3N4OS. The van der Waals surface area contributed by atoms with Crippen LogP contribution >= 0.6 is 22.9 Å². The van der Waals surface area contributed by atoms with Crippen LogP contribution in [-0.2, 0) is 12.7 Å². The van der Waals surface area contributed by atoms with E-state index in [0.717, 1.165) is 16.7 Å². The van der Waals surface area contributed by atoms with Crippen molar-refractivity contribution in [1.82, 2.24) is 4.98 Å². The van der Waals surface area contributed by atoms with Crippen molar-refractivity contribution in [1.29, 1.82) is 0 Å². The van der Waals surface area contributed by atoms with E-state index < -0.39 is 11.9 Å². The molecule has 23 heavy (non-hydrogen) atoms. The van der Waals surface area contributed by atoms with Crippen molar-refractivity contribution >= 4 is 34.6 Å². The number of guanidine groups is 1. The van der Waals surface area contributed by atoms with Crippen molar-refractivity contribution in [3.05, 3.63) is 39.3 Å². The predicted octanol–water partition coefficient (Wildman–Crippen LogP) is 3.75. The summed E-state index contributed by atoms with van der Waals surface area (Å²) in [6, 6.07) is 4.92. The second-order valence-corrected chi connectivity index (χ2v) is 5.65. The molecule has 0 fully saturated rings. The average Bonchev–Trinajstić information content (AvgIpc) is 2.94. The molecule has 0 amide bonds. The van der Waals surface area contributed by atoms with Gasteiger partial charge in [-0.25, -0.2) is 9.98 Å². The monoisotopic (exact) mass is 364 g/mol. The fourth-order valence-electron chi connectivity index (χ4n) is 1.60. The Bertz CT molecular complexity index is 717. The molecule has 5 nitrogen and oxygen atoms in total. The SMILES string of the molecule is COc1ccc(NC(N)=NCc2nc(C(F)(F)F)cs2)cc1Cl. The molecule has 1 heterocycles. The van der Waals surface area contributed by atoms with Gasteiger partial charge in [0.15, 0.2) is 11.7 Å². The van der Waals surface area contributed by atoms with Crippen molar-refractivity contribution in [2.75, 3.05) is 12.4 Å². The smallest absolute Gasteiger partial charge is 0.434 e. The van der Waals surface area contributed by atoms with Gasteiger partial charge in [-0.05, 0) is 18.2 Å². The second kappa shape index (κ2) is 7.05. The Balaban J connectivity index is 2.00. The molecule has 0 spiro atoms. The molecular weight excluding hydrogens is 353 g/mol. The van der Waals surface area contributed by atoms with Gasteiger partial charge in [0.25, 0.3) is 0 Å². The fourth-order valence-corrected chi connectivity index (χ4v) is 2.58. The normalized spacial score (nSPS) is 12.3. The van der Waals surface area contributed by atoms with Crippen molar-refractivity contribution in [3.8, 4) is 5.75 Å². The van der Waals surface area contributed by atoms with Crippen molar-refractivity contribution in [2.24, 2.45) is 10.7 Å². The van der Waals surface area contributed by atoms with Crippen LogP contribution in [0.25, 0.3) is 0 Å². The molecule has 1 aromatic carbocycles. The van der Waals surface area contributed by atoms with Gasteiger partial charge < -0.3 is 15.8 Å².